The molecule has 20 heavy (non-hydrogen) atoms. The second kappa shape index (κ2) is 4.88. The van der Waals surface area contributed by atoms with Crippen molar-refractivity contribution in [1.82, 2.24) is 20.0 Å². The highest BCUT2D eigenvalue weighted by atomic mass is 16.6. The van der Waals surface area contributed by atoms with Gasteiger partial charge in [0.05, 0.1) is 11.1 Å². The molecule has 98 valence electrons. The molecule has 0 aliphatic rings. The molecule has 0 spiro atoms. The number of benzene rings is 1. The van der Waals surface area contributed by atoms with Crippen LogP contribution in [0.4, 0.5) is 5.69 Å². The van der Waals surface area contributed by atoms with Gasteiger partial charge in [-0.2, -0.15) is 4.68 Å². The van der Waals surface area contributed by atoms with E-state index in [4.69, 9.17) is 0 Å². The van der Waals surface area contributed by atoms with Crippen molar-refractivity contribution in [2.45, 2.75) is 0 Å². The summed E-state index contributed by atoms with van der Waals surface area (Å²) in [5, 5.41) is 18.9. The van der Waals surface area contributed by atoms with Crippen LogP contribution in [0, 0.1) is 10.1 Å². The van der Waals surface area contributed by atoms with Crippen LogP contribution in [0.5, 0.6) is 0 Å². The van der Waals surface area contributed by atoms with Gasteiger partial charge in [-0.05, 0) is 6.07 Å². The zero-order valence-electron chi connectivity index (χ0n) is 10.2. The highest BCUT2D eigenvalue weighted by Gasteiger charge is 2.17. The van der Waals surface area contributed by atoms with E-state index in [0.717, 1.165) is 5.56 Å². The van der Waals surface area contributed by atoms with Gasteiger partial charge < -0.3 is 0 Å². The highest BCUT2D eigenvalue weighted by Crippen LogP contribution is 2.21. The number of nitro groups is 1. The van der Waals surface area contributed by atoms with E-state index >= 15 is 0 Å². The Morgan fingerprint density at radius 1 is 1.10 bits per heavy atom. The predicted octanol–water partition coefficient (Wildman–Crippen LogP) is 2.24. The zero-order valence-corrected chi connectivity index (χ0v) is 10.2. The van der Waals surface area contributed by atoms with E-state index in [2.05, 4.69) is 15.3 Å². The average Bonchev–Trinajstić information content (AvgIpc) is 2.98. The number of hydrogen-bond donors (Lipinski definition) is 0. The summed E-state index contributed by atoms with van der Waals surface area (Å²) >= 11 is 0. The Labute approximate surface area is 113 Å². The van der Waals surface area contributed by atoms with Crippen LogP contribution < -0.4 is 0 Å². The van der Waals surface area contributed by atoms with Crippen LogP contribution in [-0.4, -0.2) is 24.9 Å². The molecule has 7 heteroatoms. The van der Waals surface area contributed by atoms with E-state index in [1.54, 1.807) is 6.20 Å². The molecule has 0 aliphatic carbocycles. The van der Waals surface area contributed by atoms with Gasteiger partial charge in [-0.3, -0.25) is 10.1 Å². The molecule has 0 atom stereocenters. The van der Waals surface area contributed by atoms with Crippen molar-refractivity contribution in [1.29, 1.82) is 0 Å². The summed E-state index contributed by atoms with van der Waals surface area (Å²) in [7, 11) is 0. The zero-order chi connectivity index (χ0) is 13.9. The number of hydrogen-bond acceptors (Lipinski definition) is 5. The molecule has 0 radical (unpaired) electrons. The van der Waals surface area contributed by atoms with Crippen LogP contribution >= 0.6 is 0 Å². The molecule has 3 aromatic rings. The minimum atomic E-state index is -0.494. The standard InChI is InChI=1S/C13H9N5O2/c19-18(20)12-7-4-8-14-13(12)17-9-11(15-16-17)10-5-2-1-3-6-10/h1-9H. The molecule has 1 aromatic carbocycles. The Hall–Kier alpha value is -3.09. The van der Waals surface area contributed by atoms with Crippen LogP contribution in [0.1, 0.15) is 0 Å². The molecule has 0 fully saturated rings. The van der Waals surface area contributed by atoms with Crippen molar-refractivity contribution in [3.8, 4) is 17.1 Å². The van der Waals surface area contributed by atoms with Gasteiger partial charge in [-0.1, -0.05) is 35.5 Å². The van der Waals surface area contributed by atoms with Crippen LogP contribution in [-0.2, 0) is 0 Å². The lowest BCUT2D eigenvalue weighted by molar-refractivity contribution is -0.384. The van der Waals surface area contributed by atoms with Gasteiger partial charge in [0.1, 0.15) is 5.69 Å². The van der Waals surface area contributed by atoms with Crippen LogP contribution in [0.2, 0.25) is 0 Å². The van der Waals surface area contributed by atoms with E-state index < -0.39 is 4.92 Å². The predicted molar refractivity (Wildman–Crippen MR) is 71.2 cm³/mol. The third-order valence-corrected chi connectivity index (χ3v) is 2.74. The largest absolute Gasteiger partial charge is 0.313 e. The molecule has 0 amide bonds. The number of nitrogens with zero attached hydrogens (tertiary/aromatic N) is 5. The topological polar surface area (TPSA) is 86.7 Å². The molecular formula is C13H9N5O2. The van der Waals surface area contributed by atoms with Gasteiger partial charge in [-0.15, -0.1) is 5.10 Å². The molecule has 0 saturated carbocycles. The van der Waals surface area contributed by atoms with E-state index in [-0.39, 0.29) is 11.5 Å². The fourth-order valence-corrected chi connectivity index (χ4v) is 1.82. The molecule has 2 aromatic heterocycles. The van der Waals surface area contributed by atoms with Crippen molar-refractivity contribution in [3.63, 3.8) is 0 Å². The number of rotatable bonds is 3. The summed E-state index contributed by atoms with van der Waals surface area (Å²) < 4.78 is 1.31. The molecular weight excluding hydrogens is 258 g/mol. The van der Waals surface area contributed by atoms with Crippen LogP contribution in [0.25, 0.3) is 17.1 Å². The summed E-state index contributed by atoms with van der Waals surface area (Å²) in [5.74, 6) is 0.146. The lowest BCUT2D eigenvalue weighted by atomic mass is 10.2. The maximum atomic E-state index is 11.0. The van der Waals surface area contributed by atoms with Gasteiger partial charge in [0.15, 0.2) is 0 Å². The monoisotopic (exact) mass is 267 g/mol. The van der Waals surface area contributed by atoms with E-state index in [1.807, 2.05) is 30.3 Å². The first-order chi connectivity index (χ1) is 9.75. The number of pyridine rings is 1. The Kier molecular flexibility index (Phi) is 2.92. The molecule has 0 bridgehead atoms. The summed E-state index contributed by atoms with van der Waals surface area (Å²) in [4.78, 5) is 14.5. The molecule has 2 heterocycles. The third kappa shape index (κ3) is 2.12. The maximum Gasteiger partial charge on any atom is 0.313 e. The number of aromatic nitrogens is 4. The third-order valence-electron chi connectivity index (χ3n) is 2.74. The van der Waals surface area contributed by atoms with Gasteiger partial charge >= 0.3 is 5.69 Å². The van der Waals surface area contributed by atoms with E-state index in [1.165, 1.54) is 23.0 Å². The van der Waals surface area contributed by atoms with Crippen LogP contribution in [0.15, 0.2) is 54.9 Å². The molecule has 7 nitrogen and oxygen atoms in total. The van der Waals surface area contributed by atoms with Gasteiger partial charge in [0, 0.05) is 17.8 Å². The minimum Gasteiger partial charge on any atom is -0.258 e. The summed E-state index contributed by atoms with van der Waals surface area (Å²) in [5.41, 5.74) is 1.40. The smallest absolute Gasteiger partial charge is 0.258 e. The van der Waals surface area contributed by atoms with Gasteiger partial charge in [0.25, 0.3) is 0 Å². The Morgan fingerprint density at radius 2 is 1.90 bits per heavy atom. The summed E-state index contributed by atoms with van der Waals surface area (Å²) in [6.07, 6.45) is 3.09. The Bertz CT molecular complexity index is 754. The highest BCUT2D eigenvalue weighted by molar-refractivity contribution is 5.58. The van der Waals surface area contributed by atoms with Crippen molar-refractivity contribution in [2.24, 2.45) is 0 Å². The van der Waals surface area contributed by atoms with Crippen molar-refractivity contribution < 1.29 is 4.92 Å². The van der Waals surface area contributed by atoms with Crippen molar-refractivity contribution >= 4 is 5.69 Å². The second-order valence-electron chi connectivity index (χ2n) is 4.02. The average molecular weight is 267 g/mol. The Balaban J connectivity index is 2.05. The summed E-state index contributed by atoms with van der Waals surface area (Å²) in [6, 6.07) is 12.3. The van der Waals surface area contributed by atoms with Gasteiger partial charge in [0.2, 0.25) is 5.82 Å². The van der Waals surface area contributed by atoms with E-state index in [9.17, 15) is 10.1 Å². The molecule has 0 N–H and O–H groups in total. The fourth-order valence-electron chi connectivity index (χ4n) is 1.82. The molecule has 0 unspecified atom stereocenters. The van der Waals surface area contributed by atoms with Gasteiger partial charge in [-0.25, -0.2) is 4.98 Å². The summed E-state index contributed by atoms with van der Waals surface area (Å²) in [6.45, 7) is 0. The fraction of sp³-hybridized carbons (Fsp3) is 0. The SMILES string of the molecule is O=[N+]([O-])c1cccnc1-n1cc(-c2ccccc2)nn1. The lowest BCUT2D eigenvalue weighted by Crippen LogP contribution is -2.03. The first-order valence-electron chi connectivity index (χ1n) is 5.83. The molecule has 0 aliphatic heterocycles. The molecule has 3 rings (SSSR count). The van der Waals surface area contributed by atoms with E-state index in [0.29, 0.717) is 5.69 Å². The van der Waals surface area contributed by atoms with Crippen LogP contribution in [0.3, 0.4) is 0 Å². The second-order valence-corrected chi connectivity index (χ2v) is 4.02. The lowest BCUT2D eigenvalue weighted by Gasteiger charge is -1.99. The molecule has 0 saturated heterocycles. The minimum absolute atomic E-state index is 0.114. The normalized spacial score (nSPS) is 10.4. The first-order valence-corrected chi connectivity index (χ1v) is 5.83. The Morgan fingerprint density at radius 3 is 2.65 bits per heavy atom. The quantitative estimate of drug-likeness (QED) is 0.536. The first kappa shape index (κ1) is 12.0. The van der Waals surface area contributed by atoms with Crippen molar-refractivity contribution in [2.75, 3.05) is 0 Å². The maximum absolute atomic E-state index is 11.0. The van der Waals surface area contributed by atoms with Crippen molar-refractivity contribution in [3.05, 3.63) is 65.0 Å².